The van der Waals surface area contributed by atoms with Crippen molar-refractivity contribution in [2.24, 2.45) is 7.05 Å². The van der Waals surface area contributed by atoms with Crippen LogP contribution in [0.5, 0.6) is 0 Å². The highest BCUT2D eigenvalue weighted by Crippen LogP contribution is 2.25. The molecule has 1 aliphatic rings. The second kappa shape index (κ2) is 8.76. The highest BCUT2D eigenvalue weighted by molar-refractivity contribution is 6.05. The van der Waals surface area contributed by atoms with Gasteiger partial charge in [0.05, 0.1) is 42.6 Å². The lowest BCUT2D eigenvalue weighted by Crippen LogP contribution is -2.49. The van der Waals surface area contributed by atoms with Crippen LogP contribution in [0.4, 0.5) is 4.39 Å². The van der Waals surface area contributed by atoms with Crippen LogP contribution in [0, 0.1) is 5.82 Å². The summed E-state index contributed by atoms with van der Waals surface area (Å²) >= 11 is 0. The molecule has 8 nitrogen and oxygen atoms in total. The molecular formula is C24H24FN5O3. The van der Waals surface area contributed by atoms with E-state index in [-0.39, 0.29) is 24.9 Å². The molecule has 0 aliphatic carbocycles. The average Bonchev–Trinajstić information content (AvgIpc) is 3.41. The van der Waals surface area contributed by atoms with Gasteiger partial charge in [-0.2, -0.15) is 5.10 Å². The molecule has 1 fully saturated rings. The van der Waals surface area contributed by atoms with Crippen molar-refractivity contribution in [3.63, 3.8) is 0 Å². The summed E-state index contributed by atoms with van der Waals surface area (Å²) in [6, 6.07) is 8.24. The Morgan fingerprint density at radius 3 is 2.94 bits per heavy atom. The van der Waals surface area contributed by atoms with E-state index >= 15 is 0 Å². The van der Waals surface area contributed by atoms with Crippen LogP contribution >= 0.6 is 0 Å². The van der Waals surface area contributed by atoms with Gasteiger partial charge in [0.25, 0.3) is 5.91 Å². The van der Waals surface area contributed by atoms with Crippen molar-refractivity contribution < 1.29 is 19.0 Å². The molecule has 170 valence electrons. The van der Waals surface area contributed by atoms with Crippen molar-refractivity contribution in [2.75, 3.05) is 13.2 Å². The first-order valence-corrected chi connectivity index (χ1v) is 10.8. The van der Waals surface area contributed by atoms with E-state index in [1.807, 2.05) is 29.9 Å². The van der Waals surface area contributed by atoms with Gasteiger partial charge in [-0.1, -0.05) is 12.1 Å². The number of carbonyl (C=O) groups is 1. The molecule has 1 saturated heterocycles. The number of hydrogen-bond donors (Lipinski definition) is 2. The molecule has 2 N–H and O–H groups in total. The summed E-state index contributed by atoms with van der Waals surface area (Å²) in [5.74, 6) is -0.685. The molecule has 4 heterocycles. The lowest BCUT2D eigenvalue weighted by molar-refractivity contribution is -0.0139. The quantitative estimate of drug-likeness (QED) is 0.488. The van der Waals surface area contributed by atoms with Gasteiger partial charge in [-0.05, 0) is 30.2 Å². The molecule has 1 aliphatic heterocycles. The molecule has 2 atom stereocenters. The molecule has 5 rings (SSSR count). The highest BCUT2D eigenvalue weighted by atomic mass is 19.1. The first-order valence-electron chi connectivity index (χ1n) is 10.8. The standard InChI is InChI=1S/C24H24FN5O3/c1-29-11-17(10-27-29)15-4-5-16(19(25)9-15)12-30-13-18(23-21(30)3-2-7-26-23)24(32)28-20-14-33-8-6-22(20)31/h2-5,7,9-11,13,20,22,31H,6,8,12,14H2,1H3,(H,28,32)/t20-,22?/m1/s1. The number of carbonyl (C=O) groups excluding carboxylic acids is 1. The Balaban J connectivity index is 1.43. The summed E-state index contributed by atoms with van der Waals surface area (Å²) in [5, 5.41) is 17.1. The van der Waals surface area contributed by atoms with Crippen LogP contribution in [-0.2, 0) is 18.3 Å². The Morgan fingerprint density at radius 2 is 2.18 bits per heavy atom. The molecule has 1 amide bonds. The molecule has 3 aromatic heterocycles. The Labute approximate surface area is 189 Å². The van der Waals surface area contributed by atoms with E-state index in [0.717, 1.165) is 16.6 Å². The van der Waals surface area contributed by atoms with E-state index in [2.05, 4.69) is 15.4 Å². The number of nitrogens with one attached hydrogen (secondary N) is 1. The second-order valence-electron chi connectivity index (χ2n) is 8.26. The molecule has 0 bridgehead atoms. The number of ether oxygens (including phenoxy) is 1. The number of aliphatic hydroxyl groups is 1. The maximum absolute atomic E-state index is 15.0. The number of benzene rings is 1. The Kier molecular flexibility index (Phi) is 5.65. The number of pyridine rings is 1. The summed E-state index contributed by atoms with van der Waals surface area (Å²) in [6.45, 7) is 0.969. The van der Waals surface area contributed by atoms with E-state index < -0.39 is 12.1 Å². The topological polar surface area (TPSA) is 94.2 Å². The third-order valence-electron chi connectivity index (χ3n) is 5.95. The second-order valence-corrected chi connectivity index (χ2v) is 8.26. The van der Waals surface area contributed by atoms with Crippen LogP contribution in [-0.4, -0.2) is 55.7 Å². The van der Waals surface area contributed by atoms with Crippen LogP contribution in [0.2, 0.25) is 0 Å². The first kappa shape index (κ1) is 21.3. The van der Waals surface area contributed by atoms with Gasteiger partial charge in [0.2, 0.25) is 0 Å². The number of nitrogens with zero attached hydrogens (tertiary/aromatic N) is 4. The van der Waals surface area contributed by atoms with Crippen LogP contribution in [0.15, 0.2) is 55.1 Å². The van der Waals surface area contributed by atoms with Gasteiger partial charge in [0.1, 0.15) is 11.3 Å². The SMILES string of the molecule is Cn1cc(-c2ccc(Cn3cc(C(=O)N[C@@H]4COCCC4O)c4ncccc43)c(F)c2)cn1. The van der Waals surface area contributed by atoms with Crippen molar-refractivity contribution in [1.29, 1.82) is 0 Å². The van der Waals surface area contributed by atoms with E-state index in [4.69, 9.17) is 4.74 Å². The number of aryl methyl sites for hydroxylation is 1. The third-order valence-corrected chi connectivity index (χ3v) is 5.95. The minimum atomic E-state index is -0.656. The Morgan fingerprint density at radius 1 is 1.30 bits per heavy atom. The number of amides is 1. The molecule has 9 heteroatoms. The minimum absolute atomic E-state index is 0.240. The van der Waals surface area contributed by atoms with Gasteiger partial charge in [-0.25, -0.2) is 4.39 Å². The van der Waals surface area contributed by atoms with Gasteiger partial charge < -0.3 is 19.7 Å². The van der Waals surface area contributed by atoms with Crippen LogP contribution in [0.25, 0.3) is 22.2 Å². The van der Waals surface area contributed by atoms with Crippen molar-refractivity contribution in [1.82, 2.24) is 24.6 Å². The molecule has 0 radical (unpaired) electrons. The number of aromatic nitrogens is 4. The third kappa shape index (κ3) is 4.24. The average molecular weight is 449 g/mol. The summed E-state index contributed by atoms with van der Waals surface area (Å²) in [6.07, 6.45) is 6.64. The van der Waals surface area contributed by atoms with E-state index in [9.17, 15) is 14.3 Å². The normalized spacial score (nSPS) is 18.5. The highest BCUT2D eigenvalue weighted by Gasteiger charge is 2.27. The number of hydrogen-bond acceptors (Lipinski definition) is 5. The maximum Gasteiger partial charge on any atom is 0.255 e. The summed E-state index contributed by atoms with van der Waals surface area (Å²) in [7, 11) is 1.81. The Hall–Kier alpha value is -3.56. The van der Waals surface area contributed by atoms with Crippen molar-refractivity contribution in [3.05, 3.63) is 72.1 Å². The van der Waals surface area contributed by atoms with Crippen LogP contribution < -0.4 is 5.32 Å². The van der Waals surface area contributed by atoms with Crippen molar-refractivity contribution >= 4 is 16.9 Å². The zero-order chi connectivity index (χ0) is 22.9. The van der Waals surface area contributed by atoms with Crippen molar-refractivity contribution in [2.45, 2.75) is 25.1 Å². The van der Waals surface area contributed by atoms with E-state index in [1.165, 1.54) is 6.07 Å². The molecule has 1 unspecified atom stereocenters. The summed E-state index contributed by atoms with van der Waals surface area (Å²) in [5.41, 5.74) is 3.69. The number of halogens is 1. The fourth-order valence-electron chi connectivity index (χ4n) is 4.14. The van der Waals surface area contributed by atoms with Crippen LogP contribution in [0.3, 0.4) is 0 Å². The lowest BCUT2D eigenvalue weighted by atomic mass is 10.1. The van der Waals surface area contributed by atoms with Gasteiger partial charge >= 0.3 is 0 Å². The van der Waals surface area contributed by atoms with Gasteiger partial charge in [0.15, 0.2) is 0 Å². The number of aliphatic hydroxyl groups excluding tert-OH is 1. The van der Waals surface area contributed by atoms with Gasteiger partial charge in [-0.15, -0.1) is 0 Å². The molecular weight excluding hydrogens is 425 g/mol. The molecule has 1 aromatic carbocycles. The van der Waals surface area contributed by atoms with Gasteiger partial charge in [0, 0.05) is 43.4 Å². The maximum atomic E-state index is 15.0. The Bertz CT molecular complexity index is 1310. The minimum Gasteiger partial charge on any atom is -0.391 e. The molecule has 33 heavy (non-hydrogen) atoms. The number of rotatable bonds is 5. The largest absolute Gasteiger partial charge is 0.391 e. The fraction of sp³-hybridized carbons (Fsp3) is 0.292. The molecule has 0 spiro atoms. The first-order chi connectivity index (χ1) is 16.0. The molecule has 4 aromatic rings. The monoisotopic (exact) mass is 449 g/mol. The summed E-state index contributed by atoms with van der Waals surface area (Å²) < 4.78 is 23.8. The fourth-order valence-corrected chi connectivity index (χ4v) is 4.14. The zero-order valence-electron chi connectivity index (χ0n) is 18.1. The van der Waals surface area contributed by atoms with Crippen molar-refractivity contribution in [3.8, 4) is 11.1 Å². The predicted molar refractivity (Wildman–Crippen MR) is 120 cm³/mol. The van der Waals surface area contributed by atoms with Crippen LogP contribution in [0.1, 0.15) is 22.3 Å². The van der Waals surface area contributed by atoms with E-state index in [0.29, 0.717) is 29.7 Å². The number of fused-ring (bicyclic) bond motifs is 1. The lowest BCUT2D eigenvalue weighted by Gasteiger charge is -2.28. The smallest absolute Gasteiger partial charge is 0.255 e. The summed E-state index contributed by atoms with van der Waals surface area (Å²) in [4.78, 5) is 17.4. The van der Waals surface area contributed by atoms with E-state index in [1.54, 1.807) is 35.4 Å². The zero-order valence-corrected chi connectivity index (χ0v) is 18.1. The van der Waals surface area contributed by atoms with Gasteiger partial charge in [-0.3, -0.25) is 14.5 Å². The molecule has 0 saturated carbocycles. The predicted octanol–water partition coefficient (Wildman–Crippen LogP) is 2.50.